The van der Waals surface area contributed by atoms with Crippen LogP contribution in [0.2, 0.25) is 0 Å². The predicted molar refractivity (Wildman–Crippen MR) is 82.9 cm³/mol. The zero-order valence-corrected chi connectivity index (χ0v) is 14.7. The molecule has 0 aliphatic heterocycles. The molecule has 1 rings (SSSR count). The van der Waals surface area contributed by atoms with Gasteiger partial charge in [-0.05, 0) is 49.9 Å². The molecule has 19 heavy (non-hydrogen) atoms. The second-order valence-electron chi connectivity index (χ2n) is 6.78. The zero-order valence-electron chi connectivity index (χ0n) is 12.3. The summed E-state index contributed by atoms with van der Waals surface area (Å²) in [5.41, 5.74) is 0.384. The molecule has 1 N–H and O–H groups in total. The molecule has 0 amide bonds. The van der Waals surface area contributed by atoms with Crippen LogP contribution in [0.3, 0.4) is 0 Å². The summed E-state index contributed by atoms with van der Waals surface area (Å²) in [4.78, 5) is 0.293. The number of rotatable bonds is 2. The zero-order chi connectivity index (χ0) is 15.1. The van der Waals surface area contributed by atoms with Crippen LogP contribution in [0.5, 0.6) is 0 Å². The molecular formula is C14H22BrNO2S. The third-order valence-electron chi connectivity index (χ3n) is 2.49. The van der Waals surface area contributed by atoms with E-state index in [9.17, 15) is 8.42 Å². The minimum Gasteiger partial charge on any atom is -0.207 e. The molecule has 0 aliphatic rings. The van der Waals surface area contributed by atoms with Gasteiger partial charge in [-0.2, -0.15) is 0 Å². The van der Waals surface area contributed by atoms with Crippen molar-refractivity contribution in [1.29, 1.82) is 0 Å². The summed E-state index contributed by atoms with van der Waals surface area (Å²) in [6.45, 7) is 11.7. The Morgan fingerprint density at radius 1 is 1.00 bits per heavy atom. The summed E-state index contributed by atoms with van der Waals surface area (Å²) in [5.74, 6) is 0. The molecule has 5 heteroatoms. The molecule has 0 saturated heterocycles. The van der Waals surface area contributed by atoms with Gasteiger partial charge in [-0.3, -0.25) is 0 Å². The SMILES string of the molecule is CC(C)(C)NS(=O)(=O)c1cc(Br)cc(C(C)(C)C)c1. The second-order valence-corrected chi connectivity index (χ2v) is 9.38. The Kier molecular flexibility index (Phi) is 4.55. The van der Waals surface area contributed by atoms with E-state index in [1.54, 1.807) is 12.1 Å². The molecule has 0 atom stereocenters. The summed E-state index contributed by atoms with van der Waals surface area (Å²) >= 11 is 3.39. The highest BCUT2D eigenvalue weighted by Gasteiger charge is 2.24. The molecule has 0 spiro atoms. The van der Waals surface area contributed by atoms with E-state index in [2.05, 4.69) is 41.4 Å². The molecule has 0 aliphatic carbocycles. The Labute approximate surface area is 125 Å². The predicted octanol–water partition coefficient (Wildman–Crippen LogP) is 3.82. The van der Waals surface area contributed by atoms with Crippen LogP contribution in [-0.2, 0) is 15.4 Å². The molecule has 0 fully saturated rings. The minimum absolute atomic E-state index is 0.101. The lowest BCUT2D eigenvalue weighted by Crippen LogP contribution is -2.40. The largest absolute Gasteiger partial charge is 0.241 e. The molecule has 108 valence electrons. The topological polar surface area (TPSA) is 46.2 Å². The summed E-state index contributed by atoms with van der Waals surface area (Å²) in [5, 5.41) is 0. The van der Waals surface area contributed by atoms with Crippen LogP contribution in [0, 0.1) is 0 Å². The number of hydrogen-bond donors (Lipinski definition) is 1. The van der Waals surface area contributed by atoms with Crippen LogP contribution < -0.4 is 4.72 Å². The third kappa shape index (κ3) is 4.89. The molecule has 1 aromatic carbocycles. The van der Waals surface area contributed by atoms with Gasteiger partial charge in [-0.15, -0.1) is 0 Å². The van der Waals surface area contributed by atoms with Gasteiger partial charge in [0.25, 0.3) is 0 Å². The summed E-state index contributed by atoms with van der Waals surface area (Å²) in [7, 11) is -3.50. The summed E-state index contributed by atoms with van der Waals surface area (Å²) in [6, 6.07) is 5.32. The van der Waals surface area contributed by atoms with Gasteiger partial charge in [0.05, 0.1) is 4.90 Å². The van der Waals surface area contributed by atoms with Gasteiger partial charge < -0.3 is 0 Å². The van der Waals surface area contributed by atoms with E-state index in [1.807, 2.05) is 26.8 Å². The molecule has 0 unspecified atom stereocenters. The minimum atomic E-state index is -3.50. The molecular weight excluding hydrogens is 326 g/mol. The van der Waals surface area contributed by atoms with Gasteiger partial charge in [-0.25, -0.2) is 13.1 Å². The normalized spacial score (nSPS) is 13.6. The van der Waals surface area contributed by atoms with Crippen LogP contribution in [0.25, 0.3) is 0 Å². The first-order valence-corrected chi connectivity index (χ1v) is 8.44. The maximum Gasteiger partial charge on any atom is 0.241 e. The fraction of sp³-hybridized carbons (Fsp3) is 0.571. The van der Waals surface area contributed by atoms with Crippen LogP contribution in [0.15, 0.2) is 27.6 Å². The van der Waals surface area contributed by atoms with Crippen molar-refractivity contribution in [3.05, 3.63) is 28.2 Å². The van der Waals surface area contributed by atoms with Gasteiger partial charge in [0, 0.05) is 10.0 Å². The Morgan fingerprint density at radius 2 is 1.53 bits per heavy atom. The summed E-state index contributed by atoms with van der Waals surface area (Å²) in [6.07, 6.45) is 0. The standard InChI is InChI=1S/C14H22BrNO2S/c1-13(2,3)10-7-11(15)9-12(8-10)19(17,18)16-14(4,5)6/h7-9,16H,1-6H3. The highest BCUT2D eigenvalue weighted by molar-refractivity contribution is 9.10. The summed E-state index contributed by atoms with van der Waals surface area (Å²) < 4.78 is 28.1. The molecule has 0 bridgehead atoms. The van der Waals surface area contributed by atoms with E-state index in [0.29, 0.717) is 4.90 Å². The van der Waals surface area contributed by atoms with Gasteiger partial charge in [-0.1, -0.05) is 36.7 Å². The van der Waals surface area contributed by atoms with Gasteiger partial charge in [0.15, 0.2) is 0 Å². The van der Waals surface area contributed by atoms with Crippen molar-refractivity contribution in [2.75, 3.05) is 0 Å². The van der Waals surface area contributed by atoms with Crippen LogP contribution in [0.4, 0.5) is 0 Å². The highest BCUT2D eigenvalue weighted by Crippen LogP contribution is 2.28. The van der Waals surface area contributed by atoms with Gasteiger partial charge >= 0.3 is 0 Å². The Bertz CT molecular complexity index is 566. The van der Waals surface area contributed by atoms with Crippen LogP contribution >= 0.6 is 15.9 Å². The maximum atomic E-state index is 12.3. The number of benzene rings is 1. The van der Waals surface area contributed by atoms with E-state index in [0.717, 1.165) is 10.0 Å². The first kappa shape index (κ1) is 16.7. The third-order valence-corrected chi connectivity index (χ3v) is 4.68. The van der Waals surface area contributed by atoms with Crippen molar-refractivity contribution in [3.63, 3.8) is 0 Å². The first-order chi connectivity index (χ1) is 8.31. The monoisotopic (exact) mass is 347 g/mol. The number of hydrogen-bond acceptors (Lipinski definition) is 2. The fourth-order valence-corrected chi connectivity index (χ4v) is 3.75. The molecule has 0 radical (unpaired) electrons. The average molecular weight is 348 g/mol. The molecule has 0 saturated carbocycles. The van der Waals surface area contributed by atoms with Gasteiger partial charge in [0.1, 0.15) is 0 Å². The van der Waals surface area contributed by atoms with Crippen molar-refractivity contribution in [3.8, 4) is 0 Å². The lowest BCUT2D eigenvalue weighted by atomic mass is 9.87. The highest BCUT2D eigenvalue weighted by atomic mass is 79.9. The second kappa shape index (κ2) is 5.19. The Balaban J connectivity index is 3.33. The molecule has 0 heterocycles. The number of nitrogens with one attached hydrogen (secondary N) is 1. The number of halogens is 1. The van der Waals surface area contributed by atoms with Crippen LogP contribution in [-0.4, -0.2) is 14.0 Å². The maximum absolute atomic E-state index is 12.3. The average Bonchev–Trinajstić information content (AvgIpc) is 2.11. The first-order valence-electron chi connectivity index (χ1n) is 6.16. The fourth-order valence-electron chi connectivity index (χ4n) is 1.61. The van der Waals surface area contributed by atoms with Crippen molar-refractivity contribution >= 4 is 26.0 Å². The van der Waals surface area contributed by atoms with E-state index in [-0.39, 0.29) is 5.41 Å². The van der Waals surface area contributed by atoms with Crippen LogP contribution in [0.1, 0.15) is 47.1 Å². The Morgan fingerprint density at radius 3 is 1.95 bits per heavy atom. The lowest BCUT2D eigenvalue weighted by Gasteiger charge is -2.23. The number of sulfonamides is 1. The van der Waals surface area contributed by atoms with E-state index in [1.165, 1.54) is 0 Å². The molecule has 0 aromatic heterocycles. The molecule has 3 nitrogen and oxygen atoms in total. The quantitative estimate of drug-likeness (QED) is 0.883. The lowest BCUT2D eigenvalue weighted by molar-refractivity contribution is 0.491. The van der Waals surface area contributed by atoms with Crippen molar-refractivity contribution in [2.24, 2.45) is 0 Å². The van der Waals surface area contributed by atoms with Crippen molar-refractivity contribution in [1.82, 2.24) is 4.72 Å². The van der Waals surface area contributed by atoms with Crippen molar-refractivity contribution in [2.45, 2.75) is 57.4 Å². The van der Waals surface area contributed by atoms with Crippen molar-refractivity contribution < 1.29 is 8.42 Å². The Hall–Kier alpha value is -0.390. The van der Waals surface area contributed by atoms with E-state index in [4.69, 9.17) is 0 Å². The molecule has 1 aromatic rings. The van der Waals surface area contributed by atoms with E-state index >= 15 is 0 Å². The van der Waals surface area contributed by atoms with Gasteiger partial charge in [0.2, 0.25) is 10.0 Å². The smallest absolute Gasteiger partial charge is 0.207 e. The van der Waals surface area contributed by atoms with E-state index < -0.39 is 15.6 Å².